The number of carbonyl (C=O) groups is 8. The van der Waals surface area contributed by atoms with Gasteiger partial charge in [-0.1, -0.05) is 0 Å². The van der Waals surface area contributed by atoms with E-state index < -0.39 is 96.9 Å². The minimum absolute atomic E-state index is 0.0273. The largest absolute Gasteiger partial charge is 0.480 e. The molecule has 0 spiro atoms. The van der Waals surface area contributed by atoms with Crippen LogP contribution >= 0.6 is 0 Å². The van der Waals surface area contributed by atoms with E-state index in [9.17, 15) is 43.5 Å². The number of rotatable bonds is 22. The van der Waals surface area contributed by atoms with Gasteiger partial charge in [0.05, 0.1) is 19.4 Å². The summed E-state index contributed by atoms with van der Waals surface area (Å²) in [5.74, 6) is -7.66. The third kappa shape index (κ3) is 14.6. The molecule has 1 aliphatic rings. The minimum Gasteiger partial charge on any atom is -0.480 e. The lowest BCUT2D eigenvalue weighted by Crippen LogP contribution is -2.59. The van der Waals surface area contributed by atoms with Crippen molar-refractivity contribution < 1.29 is 43.5 Å². The van der Waals surface area contributed by atoms with Crippen molar-refractivity contribution in [2.75, 3.05) is 26.2 Å². The number of unbranched alkanes of at least 4 members (excludes halogenated alkanes) is 1. The number of nitrogens with zero attached hydrogens (tertiary/aromatic N) is 2. The average molecular weight is 685 g/mol. The number of aliphatic imine (C=N–C) groups is 1. The quantitative estimate of drug-likeness (QED) is 0.0288. The summed E-state index contributed by atoms with van der Waals surface area (Å²) >= 11 is 0. The van der Waals surface area contributed by atoms with Gasteiger partial charge in [-0.2, -0.15) is 0 Å². The number of nitrogens with one attached hydrogen (secondary N) is 4. The number of aliphatic carboxylic acids is 1. The minimum atomic E-state index is -1.55. The number of carbonyl (C=O) groups excluding carboxylic acids is 7. The van der Waals surface area contributed by atoms with Crippen LogP contribution in [0.4, 0.5) is 0 Å². The Hall–Kier alpha value is -5.05. The highest BCUT2D eigenvalue weighted by Gasteiger charge is 2.39. The van der Waals surface area contributed by atoms with Crippen molar-refractivity contribution in [1.29, 1.82) is 0 Å². The highest BCUT2D eigenvalue weighted by Crippen LogP contribution is 2.19. The molecular weight excluding hydrogens is 636 g/mol. The predicted molar refractivity (Wildman–Crippen MR) is 170 cm³/mol. The maximum atomic E-state index is 13.6. The van der Waals surface area contributed by atoms with Crippen molar-refractivity contribution in [3.8, 4) is 0 Å². The van der Waals surface area contributed by atoms with E-state index in [0.717, 1.165) is 4.90 Å². The molecule has 0 aromatic rings. The smallest absolute Gasteiger partial charge is 0.326 e. The molecule has 0 aromatic carbocycles. The van der Waals surface area contributed by atoms with Gasteiger partial charge in [-0.3, -0.25) is 38.6 Å². The number of hydrogen-bond acceptors (Lipinski definition) is 11. The Morgan fingerprint density at radius 2 is 1.25 bits per heavy atom. The molecule has 48 heavy (non-hydrogen) atoms. The van der Waals surface area contributed by atoms with Crippen molar-refractivity contribution in [2.24, 2.45) is 39.4 Å². The van der Waals surface area contributed by atoms with Gasteiger partial charge in [0, 0.05) is 13.1 Å². The zero-order valence-corrected chi connectivity index (χ0v) is 26.7. The third-order valence-corrected chi connectivity index (χ3v) is 7.24. The molecule has 17 N–H and O–H groups in total. The first-order valence-electron chi connectivity index (χ1n) is 15.4. The van der Waals surface area contributed by atoms with E-state index in [1.807, 2.05) is 0 Å². The first-order valence-corrected chi connectivity index (χ1v) is 15.4. The zero-order chi connectivity index (χ0) is 36.4. The second-order valence-corrected chi connectivity index (χ2v) is 11.1. The van der Waals surface area contributed by atoms with Crippen LogP contribution in [0, 0.1) is 0 Å². The second kappa shape index (κ2) is 20.9. The maximum absolute atomic E-state index is 13.6. The van der Waals surface area contributed by atoms with Gasteiger partial charge in [-0.05, 0) is 51.5 Å². The van der Waals surface area contributed by atoms with Gasteiger partial charge in [0.15, 0.2) is 5.96 Å². The normalized spacial score (nSPS) is 16.4. The Morgan fingerprint density at radius 3 is 1.75 bits per heavy atom. The van der Waals surface area contributed by atoms with Crippen LogP contribution in [0.1, 0.15) is 57.8 Å². The van der Waals surface area contributed by atoms with Gasteiger partial charge >= 0.3 is 5.97 Å². The molecule has 0 bridgehead atoms. The van der Waals surface area contributed by atoms with Crippen molar-refractivity contribution in [3.63, 3.8) is 0 Å². The molecule has 7 amide bonds. The first kappa shape index (κ1) is 41.0. The molecule has 1 saturated heterocycles. The van der Waals surface area contributed by atoms with Crippen LogP contribution in [0.25, 0.3) is 0 Å². The number of carboxylic acids is 1. The Morgan fingerprint density at radius 1 is 0.729 bits per heavy atom. The monoisotopic (exact) mass is 684 g/mol. The van der Waals surface area contributed by atoms with Crippen LogP contribution in [-0.4, -0.2) is 120 Å². The van der Waals surface area contributed by atoms with Gasteiger partial charge in [0.25, 0.3) is 0 Å². The fourth-order valence-electron chi connectivity index (χ4n) is 4.90. The molecule has 0 saturated carbocycles. The fourth-order valence-corrected chi connectivity index (χ4v) is 4.90. The molecule has 270 valence electrons. The molecule has 1 aliphatic heterocycles. The molecule has 1 fully saturated rings. The summed E-state index contributed by atoms with van der Waals surface area (Å²) in [6.45, 7) is -0.101. The molecule has 1 heterocycles. The zero-order valence-electron chi connectivity index (χ0n) is 26.7. The van der Waals surface area contributed by atoms with Crippen LogP contribution in [0.15, 0.2) is 4.99 Å². The van der Waals surface area contributed by atoms with Gasteiger partial charge in [-0.15, -0.1) is 0 Å². The second-order valence-electron chi connectivity index (χ2n) is 11.1. The lowest BCUT2D eigenvalue weighted by molar-refractivity contribution is -0.149. The van der Waals surface area contributed by atoms with Gasteiger partial charge in [-0.25, -0.2) is 4.79 Å². The number of guanidine groups is 1. The molecular formula is C27H48N12O9. The van der Waals surface area contributed by atoms with Crippen molar-refractivity contribution in [3.05, 3.63) is 0 Å². The SMILES string of the molecule is NCCCC[C@H](NC(=O)[C@H](CC(N)=O)NC(=O)CN)C(=O)N[C@@H](CCCN=C(N)N)C(=O)N[C@@H](CC(N)=O)C(=O)N1CCC[C@H]1C(=O)O. The summed E-state index contributed by atoms with van der Waals surface area (Å²) in [6, 6.07) is -6.84. The summed E-state index contributed by atoms with van der Waals surface area (Å²) in [5, 5.41) is 19.1. The van der Waals surface area contributed by atoms with Crippen LogP contribution in [-0.2, 0) is 38.4 Å². The van der Waals surface area contributed by atoms with E-state index in [0.29, 0.717) is 19.3 Å². The van der Waals surface area contributed by atoms with Crippen molar-refractivity contribution >= 4 is 53.3 Å². The fraction of sp³-hybridized carbons (Fsp3) is 0.667. The van der Waals surface area contributed by atoms with E-state index in [1.165, 1.54) is 0 Å². The molecule has 0 radical (unpaired) electrons. The average Bonchev–Trinajstić information content (AvgIpc) is 3.50. The first-order chi connectivity index (χ1) is 22.6. The van der Waals surface area contributed by atoms with Crippen LogP contribution in [0.2, 0.25) is 0 Å². The van der Waals surface area contributed by atoms with E-state index in [-0.39, 0.29) is 51.3 Å². The molecule has 21 heteroatoms. The molecule has 1 rings (SSSR count). The molecule has 5 atom stereocenters. The summed E-state index contributed by atoms with van der Waals surface area (Å²) in [7, 11) is 0. The summed E-state index contributed by atoms with van der Waals surface area (Å²) in [5.41, 5.74) is 32.1. The van der Waals surface area contributed by atoms with E-state index in [4.69, 9.17) is 34.4 Å². The summed E-state index contributed by atoms with van der Waals surface area (Å²) in [6.07, 6.45) is 0.200. The Balaban J connectivity index is 3.31. The lowest BCUT2D eigenvalue weighted by atomic mass is 10.0. The Bertz CT molecular complexity index is 1210. The van der Waals surface area contributed by atoms with Crippen molar-refractivity contribution in [1.82, 2.24) is 26.2 Å². The molecule has 0 aromatic heterocycles. The number of nitrogens with two attached hydrogens (primary N) is 6. The Kier molecular flexibility index (Phi) is 17.9. The highest BCUT2D eigenvalue weighted by molar-refractivity contribution is 5.98. The summed E-state index contributed by atoms with van der Waals surface area (Å²) in [4.78, 5) is 105. The third-order valence-electron chi connectivity index (χ3n) is 7.24. The van der Waals surface area contributed by atoms with E-state index in [1.54, 1.807) is 0 Å². The van der Waals surface area contributed by atoms with Crippen LogP contribution in [0.3, 0.4) is 0 Å². The van der Waals surface area contributed by atoms with Gasteiger partial charge < -0.3 is 65.7 Å². The van der Waals surface area contributed by atoms with Crippen LogP contribution < -0.4 is 55.7 Å². The Labute approximate surface area is 276 Å². The number of carboxylic acid groups (broad SMARTS) is 1. The molecule has 0 aliphatic carbocycles. The predicted octanol–water partition coefficient (Wildman–Crippen LogP) is -6.11. The highest BCUT2D eigenvalue weighted by atomic mass is 16.4. The van der Waals surface area contributed by atoms with Gasteiger partial charge in [0.1, 0.15) is 30.2 Å². The lowest BCUT2D eigenvalue weighted by Gasteiger charge is -2.29. The topological polar surface area (TPSA) is 377 Å². The van der Waals surface area contributed by atoms with Crippen molar-refractivity contribution in [2.45, 2.75) is 88.0 Å². The molecule has 0 unspecified atom stereocenters. The van der Waals surface area contributed by atoms with E-state index in [2.05, 4.69) is 26.3 Å². The molecule has 21 nitrogen and oxygen atoms in total. The number of primary amides is 2. The standard InChI is InChI=1S/C27H48N12O9/c28-8-2-1-5-14(37-24(45)16(11-19(30)40)35-21(42)13-29)22(43)36-15(6-3-9-34-27(32)33)23(44)38-17(12-20(31)41)25(46)39-10-4-7-18(39)26(47)48/h14-18H,1-13,28-29H2,(H2,30,40)(H2,31,41)(H,35,42)(H,36,43)(H,37,45)(H,38,44)(H,47,48)(H4,32,33,34)/t14-,15-,16-,17-,18-/m0/s1. The van der Waals surface area contributed by atoms with Gasteiger partial charge in [0.2, 0.25) is 41.4 Å². The van der Waals surface area contributed by atoms with E-state index >= 15 is 0 Å². The summed E-state index contributed by atoms with van der Waals surface area (Å²) < 4.78 is 0. The maximum Gasteiger partial charge on any atom is 0.326 e. The number of likely N-dealkylation sites (tertiary alicyclic amines) is 1. The number of hydrogen-bond donors (Lipinski definition) is 11. The van der Waals surface area contributed by atoms with Crippen LogP contribution in [0.5, 0.6) is 0 Å². The number of amides is 7.